The molecule has 1 aromatic carbocycles. The fraction of sp³-hybridized carbons (Fsp3) is 0.526. The van der Waals surface area contributed by atoms with Crippen molar-refractivity contribution >= 4 is 11.5 Å². The number of nitrogens with one attached hydrogen (secondary N) is 2. The molecule has 2 fully saturated rings. The fourth-order valence-corrected chi connectivity index (χ4v) is 4.64. The first-order valence-electron chi connectivity index (χ1n) is 9.49. The van der Waals surface area contributed by atoms with E-state index in [0.29, 0.717) is 11.4 Å². The summed E-state index contributed by atoms with van der Waals surface area (Å²) in [6.45, 7) is 0.971. The lowest BCUT2D eigenvalue weighted by Gasteiger charge is -2.38. The standard InChI is InChI=1S/C19H23FN6O/c1-21-18-19(6-4-7-19)11-9-14(27-2)17(15(20)16(11)23-18)26-10-13(24-25-26)12-5-3-8-22-12/h9-10,12,22H,3-8H2,1-2H3,(H,21,23)/t12-/m1/s1. The second-order valence-electron chi connectivity index (χ2n) is 7.53. The van der Waals surface area contributed by atoms with Crippen LogP contribution < -0.4 is 15.4 Å². The maximum absolute atomic E-state index is 15.6. The summed E-state index contributed by atoms with van der Waals surface area (Å²) in [5, 5.41) is 15.0. The van der Waals surface area contributed by atoms with Crippen LogP contribution >= 0.6 is 0 Å². The van der Waals surface area contributed by atoms with Crippen molar-refractivity contribution in [2.24, 2.45) is 4.99 Å². The first kappa shape index (κ1) is 16.7. The number of fused-ring (bicyclic) bond motifs is 2. The summed E-state index contributed by atoms with van der Waals surface area (Å²) >= 11 is 0. The number of aliphatic imine (C=N–C) groups is 1. The van der Waals surface area contributed by atoms with Gasteiger partial charge in [-0.1, -0.05) is 11.6 Å². The normalized spacial score (nSPS) is 24.1. The predicted molar refractivity (Wildman–Crippen MR) is 100 cm³/mol. The van der Waals surface area contributed by atoms with Crippen molar-refractivity contribution in [3.05, 3.63) is 29.3 Å². The number of nitrogens with zero attached hydrogens (tertiary/aromatic N) is 4. The van der Waals surface area contributed by atoms with Crippen molar-refractivity contribution in [3.8, 4) is 11.4 Å². The van der Waals surface area contributed by atoms with Crippen molar-refractivity contribution in [1.29, 1.82) is 0 Å². The molecule has 1 aromatic heterocycles. The number of hydrogen-bond acceptors (Lipinski definition) is 5. The third-order valence-electron chi connectivity index (χ3n) is 6.23. The lowest BCUT2D eigenvalue weighted by molar-refractivity contribution is 0.343. The first-order chi connectivity index (χ1) is 13.2. The van der Waals surface area contributed by atoms with E-state index in [0.717, 1.165) is 55.7 Å². The second kappa shape index (κ2) is 6.02. The highest BCUT2D eigenvalue weighted by molar-refractivity contribution is 6.11. The van der Waals surface area contributed by atoms with Gasteiger partial charge in [-0.2, -0.15) is 0 Å². The summed E-state index contributed by atoms with van der Waals surface area (Å²) in [4.78, 5) is 4.39. The summed E-state index contributed by atoms with van der Waals surface area (Å²) in [7, 11) is 3.31. The van der Waals surface area contributed by atoms with Crippen LogP contribution in [-0.4, -0.2) is 41.5 Å². The molecule has 2 aromatic rings. The van der Waals surface area contributed by atoms with Crippen LogP contribution in [0.3, 0.4) is 0 Å². The number of ether oxygens (including phenoxy) is 1. The number of halogens is 1. The highest BCUT2D eigenvalue weighted by atomic mass is 19.1. The average molecular weight is 370 g/mol. The van der Waals surface area contributed by atoms with E-state index in [9.17, 15) is 0 Å². The van der Waals surface area contributed by atoms with Crippen molar-refractivity contribution in [2.75, 3.05) is 26.0 Å². The molecular weight excluding hydrogens is 347 g/mol. The van der Waals surface area contributed by atoms with Crippen molar-refractivity contribution < 1.29 is 9.13 Å². The van der Waals surface area contributed by atoms with Gasteiger partial charge in [-0.25, -0.2) is 9.07 Å². The number of aromatic nitrogens is 3. The topological polar surface area (TPSA) is 76.4 Å². The molecule has 7 nitrogen and oxygen atoms in total. The number of anilines is 1. The van der Waals surface area contributed by atoms with Gasteiger partial charge in [-0.05, 0) is 43.9 Å². The Bertz CT molecular complexity index is 927. The Morgan fingerprint density at radius 1 is 1.37 bits per heavy atom. The summed E-state index contributed by atoms with van der Waals surface area (Å²) < 4.78 is 22.7. The molecule has 0 bridgehead atoms. The molecule has 3 heterocycles. The molecule has 1 atom stereocenters. The Morgan fingerprint density at radius 3 is 2.85 bits per heavy atom. The van der Waals surface area contributed by atoms with Gasteiger partial charge in [0.15, 0.2) is 5.82 Å². The highest BCUT2D eigenvalue weighted by Crippen LogP contribution is 2.54. The lowest BCUT2D eigenvalue weighted by atomic mass is 9.65. The van der Waals surface area contributed by atoms with Gasteiger partial charge in [-0.3, -0.25) is 4.99 Å². The smallest absolute Gasteiger partial charge is 0.176 e. The van der Waals surface area contributed by atoms with Gasteiger partial charge in [0, 0.05) is 7.05 Å². The van der Waals surface area contributed by atoms with E-state index >= 15 is 4.39 Å². The van der Waals surface area contributed by atoms with Gasteiger partial charge in [0.2, 0.25) is 0 Å². The summed E-state index contributed by atoms with van der Waals surface area (Å²) in [6, 6.07) is 2.12. The van der Waals surface area contributed by atoms with Crippen molar-refractivity contribution in [2.45, 2.75) is 43.6 Å². The molecule has 0 unspecified atom stereocenters. The second-order valence-corrected chi connectivity index (χ2v) is 7.53. The Kier molecular flexibility index (Phi) is 3.72. The molecule has 2 aliphatic heterocycles. The maximum Gasteiger partial charge on any atom is 0.176 e. The van der Waals surface area contributed by atoms with Gasteiger partial charge in [0.25, 0.3) is 0 Å². The van der Waals surface area contributed by atoms with Crippen LogP contribution in [0.25, 0.3) is 5.69 Å². The van der Waals surface area contributed by atoms with Crippen LogP contribution in [0.4, 0.5) is 10.1 Å². The number of benzene rings is 1. The fourth-order valence-electron chi connectivity index (χ4n) is 4.64. The van der Waals surface area contributed by atoms with E-state index in [2.05, 4.69) is 25.9 Å². The molecular formula is C19H23FN6O. The molecule has 1 aliphatic carbocycles. The van der Waals surface area contributed by atoms with E-state index in [-0.39, 0.29) is 23.0 Å². The zero-order valence-corrected chi connectivity index (χ0v) is 15.5. The summed E-state index contributed by atoms with van der Waals surface area (Å²) in [5.74, 6) is 0.939. The Labute approximate surface area is 157 Å². The quantitative estimate of drug-likeness (QED) is 0.869. The van der Waals surface area contributed by atoms with Gasteiger partial charge < -0.3 is 15.4 Å². The lowest BCUT2D eigenvalue weighted by Crippen LogP contribution is -2.41. The van der Waals surface area contributed by atoms with Crippen molar-refractivity contribution in [3.63, 3.8) is 0 Å². The number of rotatable bonds is 3. The van der Waals surface area contributed by atoms with Crippen molar-refractivity contribution in [1.82, 2.24) is 20.3 Å². The minimum Gasteiger partial charge on any atom is -0.494 e. The molecule has 0 amide bonds. The van der Waals surface area contributed by atoms with E-state index in [1.807, 2.05) is 6.07 Å². The number of hydrogen-bond donors (Lipinski definition) is 2. The first-order valence-corrected chi connectivity index (χ1v) is 9.49. The van der Waals surface area contributed by atoms with Crippen LogP contribution in [0.2, 0.25) is 0 Å². The van der Waals surface area contributed by atoms with Crippen LogP contribution in [-0.2, 0) is 5.41 Å². The number of methoxy groups -OCH3 is 1. The SMILES string of the molecule is CN=C1Nc2c(cc(OC)c(-n3cc([C@H]4CCCN4)nn3)c2F)C12CCC2. The Balaban J connectivity index is 1.63. The average Bonchev–Trinajstić information content (AvgIpc) is 3.37. The predicted octanol–water partition coefficient (Wildman–Crippen LogP) is 2.72. The monoisotopic (exact) mass is 370 g/mol. The molecule has 2 N–H and O–H groups in total. The molecule has 1 saturated carbocycles. The Morgan fingerprint density at radius 2 is 2.22 bits per heavy atom. The molecule has 3 aliphatic rings. The van der Waals surface area contributed by atoms with E-state index in [4.69, 9.17) is 4.74 Å². The zero-order chi connectivity index (χ0) is 18.6. The third kappa shape index (κ3) is 2.25. The van der Waals surface area contributed by atoms with Gasteiger partial charge >= 0.3 is 0 Å². The number of amidine groups is 1. The maximum atomic E-state index is 15.6. The largest absolute Gasteiger partial charge is 0.494 e. The molecule has 5 rings (SSSR count). The van der Waals surface area contributed by atoms with Gasteiger partial charge in [0.1, 0.15) is 23.0 Å². The van der Waals surface area contributed by atoms with E-state index in [1.165, 1.54) is 4.68 Å². The minimum atomic E-state index is -0.370. The highest BCUT2D eigenvalue weighted by Gasteiger charge is 2.50. The zero-order valence-electron chi connectivity index (χ0n) is 15.5. The Hall–Kier alpha value is -2.48. The summed E-state index contributed by atoms with van der Waals surface area (Å²) in [5.41, 5.74) is 2.34. The molecule has 1 saturated heterocycles. The summed E-state index contributed by atoms with van der Waals surface area (Å²) in [6.07, 6.45) is 6.98. The van der Waals surface area contributed by atoms with Crippen LogP contribution in [0.15, 0.2) is 17.3 Å². The molecule has 1 spiro atoms. The van der Waals surface area contributed by atoms with E-state index in [1.54, 1.807) is 20.4 Å². The third-order valence-corrected chi connectivity index (χ3v) is 6.23. The van der Waals surface area contributed by atoms with Gasteiger partial charge in [0.05, 0.1) is 30.5 Å². The van der Waals surface area contributed by atoms with Gasteiger partial charge in [-0.15, -0.1) is 5.10 Å². The van der Waals surface area contributed by atoms with Crippen LogP contribution in [0.5, 0.6) is 5.75 Å². The molecule has 8 heteroatoms. The van der Waals surface area contributed by atoms with Crippen LogP contribution in [0, 0.1) is 5.82 Å². The van der Waals surface area contributed by atoms with E-state index < -0.39 is 0 Å². The minimum absolute atomic E-state index is 0.178. The molecule has 27 heavy (non-hydrogen) atoms. The van der Waals surface area contributed by atoms with Crippen LogP contribution in [0.1, 0.15) is 49.4 Å². The molecule has 142 valence electrons. The molecule has 0 radical (unpaired) electrons.